The lowest BCUT2D eigenvalue weighted by molar-refractivity contribution is 0.656. The molecule has 3 nitrogen and oxygen atoms in total. The molecule has 0 saturated heterocycles. The maximum atomic E-state index is 5.71. The fraction of sp³-hybridized carbons (Fsp3) is 0.545. The average molecular weight is 193 g/mol. The molecule has 1 aromatic rings. The van der Waals surface area contributed by atoms with E-state index in [9.17, 15) is 0 Å². The lowest BCUT2D eigenvalue weighted by atomic mass is 10.2. The van der Waals surface area contributed by atoms with E-state index in [0.717, 1.165) is 18.8 Å². The van der Waals surface area contributed by atoms with Gasteiger partial charge in [-0.05, 0) is 31.9 Å². The largest absolute Gasteiger partial charge is 0.359 e. The van der Waals surface area contributed by atoms with Crippen molar-refractivity contribution >= 4 is 5.82 Å². The summed E-state index contributed by atoms with van der Waals surface area (Å²) in [6.45, 7) is 5.05. The van der Waals surface area contributed by atoms with Crippen LogP contribution in [0.2, 0.25) is 0 Å². The third-order valence-electron chi connectivity index (χ3n) is 2.26. The van der Waals surface area contributed by atoms with Gasteiger partial charge in [0.2, 0.25) is 0 Å². The first-order valence-electron chi connectivity index (χ1n) is 4.99. The van der Waals surface area contributed by atoms with Crippen molar-refractivity contribution in [1.82, 2.24) is 4.98 Å². The summed E-state index contributed by atoms with van der Waals surface area (Å²) in [4.78, 5) is 6.49. The first-order chi connectivity index (χ1) is 6.61. The first-order valence-corrected chi connectivity index (χ1v) is 4.99. The van der Waals surface area contributed by atoms with Crippen LogP contribution < -0.4 is 10.6 Å². The third kappa shape index (κ3) is 3.00. The fourth-order valence-electron chi connectivity index (χ4n) is 1.38. The highest BCUT2D eigenvalue weighted by molar-refractivity contribution is 5.44. The summed E-state index contributed by atoms with van der Waals surface area (Å²) in [6.07, 6.45) is 2.82. The quantitative estimate of drug-likeness (QED) is 0.789. The third-order valence-corrected chi connectivity index (χ3v) is 2.26. The molecule has 14 heavy (non-hydrogen) atoms. The molecule has 3 heteroatoms. The summed E-state index contributed by atoms with van der Waals surface area (Å²) in [5.41, 5.74) is 6.92. The second-order valence-electron chi connectivity index (χ2n) is 3.83. The van der Waals surface area contributed by atoms with E-state index in [1.54, 1.807) is 0 Å². The summed E-state index contributed by atoms with van der Waals surface area (Å²) in [7, 11) is 2.05. The van der Waals surface area contributed by atoms with Crippen LogP contribution in [0.4, 0.5) is 5.82 Å². The number of hydrogen-bond acceptors (Lipinski definition) is 3. The molecule has 0 aliphatic carbocycles. The van der Waals surface area contributed by atoms with E-state index in [2.05, 4.69) is 29.9 Å². The van der Waals surface area contributed by atoms with E-state index in [4.69, 9.17) is 5.73 Å². The molecule has 1 heterocycles. The van der Waals surface area contributed by atoms with Crippen molar-refractivity contribution in [2.45, 2.75) is 26.3 Å². The summed E-state index contributed by atoms with van der Waals surface area (Å²) in [5, 5.41) is 0. The van der Waals surface area contributed by atoms with Crippen LogP contribution in [0, 0.1) is 6.92 Å². The predicted molar refractivity (Wildman–Crippen MR) is 60.5 cm³/mol. The van der Waals surface area contributed by atoms with E-state index in [0.29, 0.717) is 0 Å². The molecule has 0 aliphatic heterocycles. The Morgan fingerprint density at radius 2 is 2.29 bits per heavy atom. The number of nitrogens with two attached hydrogens (primary N) is 1. The average Bonchev–Trinajstić information content (AvgIpc) is 2.15. The topological polar surface area (TPSA) is 42.2 Å². The van der Waals surface area contributed by atoms with Crippen molar-refractivity contribution in [2.75, 3.05) is 18.5 Å². The SMILES string of the molecule is Cc1cccnc1N(C)CCC(C)N. The number of hydrogen-bond donors (Lipinski definition) is 1. The number of pyridine rings is 1. The van der Waals surface area contributed by atoms with Gasteiger partial charge in [-0.3, -0.25) is 0 Å². The second-order valence-corrected chi connectivity index (χ2v) is 3.83. The van der Waals surface area contributed by atoms with Crippen LogP contribution in [-0.2, 0) is 0 Å². The Hall–Kier alpha value is -1.09. The molecule has 0 radical (unpaired) electrons. The lowest BCUT2D eigenvalue weighted by Gasteiger charge is -2.20. The molecule has 1 aromatic heterocycles. The van der Waals surface area contributed by atoms with Gasteiger partial charge in [-0.2, -0.15) is 0 Å². The lowest BCUT2D eigenvalue weighted by Crippen LogP contribution is -2.26. The highest BCUT2D eigenvalue weighted by atomic mass is 15.2. The Morgan fingerprint density at radius 3 is 2.86 bits per heavy atom. The van der Waals surface area contributed by atoms with Crippen molar-refractivity contribution in [3.8, 4) is 0 Å². The molecule has 0 bridgehead atoms. The minimum atomic E-state index is 0.251. The molecule has 0 saturated carbocycles. The van der Waals surface area contributed by atoms with E-state index in [1.165, 1.54) is 5.56 Å². The Morgan fingerprint density at radius 1 is 1.57 bits per heavy atom. The molecule has 0 aliphatic rings. The van der Waals surface area contributed by atoms with E-state index in [-0.39, 0.29) is 6.04 Å². The maximum Gasteiger partial charge on any atom is 0.131 e. The van der Waals surface area contributed by atoms with Crippen LogP contribution >= 0.6 is 0 Å². The van der Waals surface area contributed by atoms with Crippen LogP contribution in [-0.4, -0.2) is 24.6 Å². The van der Waals surface area contributed by atoms with Crippen LogP contribution in [0.5, 0.6) is 0 Å². The minimum Gasteiger partial charge on any atom is -0.359 e. The predicted octanol–water partition coefficient (Wildman–Crippen LogP) is 1.56. The van der Waals surface area contributed by atoms with Crippen LogP contribution in [0.25, 0.3) is 0 Å². The van der Waals surface area contributed by atoms with Gasteiger partial charge in [-0.15, -0.1) is 0 Å². The molecule has 78 valence electrons. The molecule has 1 unspecified atom stereocenters. The van der Waals surface area contributed by atoms with Gasteiger partial charge in [-0.25, -0.2) is 4.98 Å². The van der Waals surface area contributed by atoms with Gasteiger partial charge in [0.15, 0.2) is 0 Å². The van der Waals surface area contributed by atoms with E-state index in [1.807, 2.05) is 19.2 Å². The van der Waals surface area contributed by atoms with Gasteiger partial charge in [0.1, 0.15) is 5.82 Å². The zero-order chi connectivity index (χ0) is 10.6. The van der Waals surface area contributed by atoms with Gasteiger partial charge in [0, 0.05) is 25.8 Å². The van der Waals surface area contributed by atoms with Crippen LogP contribution in [0.1, 0.15) is 18.9 Å². The van der Waals surface area contributed by atoms with Crippen LogP contribution in [0.15, 0.2) is 18.3 Å². The summed E-state index contributed by atoms with van der Waals surface area (Å²) < 4.78 is 0. The first kappa shape index (κ1) is 11.0. The van der Waals surface area contributed by atoms with Crippen molar-refractivity contribution in [2.24, 2.45) is 5.73 Å². The number of aromatic nitrogens is 1. The Balaban J connectivity index is 2.60. The smallest absolute Gasteiger partial charge is 0.131 e. The Bertz CT molecular complexity index is 284. The molecule has 2 N–H and O–H groups in total. The zero-order valence-electron chi connectivity index (χ0n) is 9.20. The number of anilines is 1. The van der Waals surface area contributed by atoms with Crippen molar-refractivity contribution in [3.63, 3.8) is 0 Å². The van der Waals surface area contributed by atoms with Crippen molar-refractivity contribution < 1.29 is 0 Å². The summed E-state index contributed by atoms with van der Waals surface area (Å²) in [5.74, 6) is 1.05. The number of aryl methyl sites for hydroxylation is 1. The van der Waals surface area contributed by atoms with Gasteiger partial charge < -0.3 is 10.6 Å². The zero-order valence-corrected chi connectivity index (χ0v) is 9.20. The van der Waals surface area contributed by atoms with Crippen molar-refractivity contribution in [3.05, 3.63) is 23.9 Å². The standard InChI is InChI=1S/C11H19N3/c1-9-5-4-7-13-11(9)14(3)8-6-10(2)12/h4-5,7,10H,6,8,12H2,1-3H3. The van der Waals surface area contributed by atoms with Gasteiger partial charge in [0.25, 0.3) is 0 Å². The molecule has 0 aromatic carbocycles. The minimum absolute atomic E-state index is 0.251. The molecular formula is C11H19N3. The molecule has 0 amide bonds. The maximum absolute atomic E-state index is 5.71. The highest BCUT2D eigenvalue weighted by Crippen LogP contribution is 2.14. The van der Waals surface area contributed by atoms with Crippen LogP contribution in [0.3, 0.4) is 0 Å². The molecular weight excluding hydrogens is 174 g/mol. The normalized spacial score (nSPS) is 12.6. The number of nitrogens with zero attached hydrogens (tertiary/aromatic N) is 2. The van der Waals surface area contributed by atoms with Gasteiger partial charge in [0.05, 0.1) is 0 Å². The van der Waals surface area contributed by atoms with Gasteiger partial charge >= 0.3 is 0 Å². The van der Waals surface area contributed by atoms with E-state index >= 15 is 0 Å². The Kier molecular flexibility index (Phi) is 3.89. The van der Waals surface area contributed by atoms with E-state index < -0.39 is 0 Å². The monoisotopic (exact) mass is 193 g/mol. The second kappa shape index (κ2) is 4.96. The number of rotatable bonds is 4. The highest BCUT2D eigenvalue weighted by Gasteiger charge is 2.05. The molecule has 0 fully saturated rings. The molecule has 1 rings (SSSR count). The molecule has 1 atom stereocenters. The van der Waals surface area contributed by atoms with Crippen molar-refractivity contribution in [1.29, 1.82) is 0 Å². The summed E-state index contributed by atoms with van der Waals surface area (Å²) >= 11 is 0. The van der Waals surface area contributed by atoms with Gasteiger partial charge in [-0.1, -0.05) is 6.07 Å². The molecule has 0 spiro atoms. The summed E-state index contributed by atoms with van der Waals surface area (Å²) in [6, 6.07) is 4.28. The fourth-order valence-corrected chi connectivity index (χ4v) is 1.38. The Labute approximate surface area is 85.9 Å².